The van der Waals surface area contributed by atoms with Crippen LogP contribution in [0.2, 0.25) is 0 Å². The fourth-order valence-corrected chi connectivity index (χ4v) is 2.56. The zero-order valence-corrected chi connectivity index (χ0v) is 12.4. The first-order valence-corrected chi connectivity index (χ1v) is 7.63. The normalized spacial score (nSPS) is 10.9. The van der Waals surface area contributed by atoms with E-state index in [1.807, 2.05) is 24.3 Å². The molecular weight excluding hydrogens is 258 g/mol. The molecule has 0 aliphatic rings. The molecule has 0 aliphatic carbocycles. The van der Waals surface area contributed by atoms with Crippen molar-refractivity contribution in [2.75, 3.05) is 0 Å². The predicted octanol–water partition coefficient (Wildman–Crippen LogP) is 5.34. The van der Waals surface area contributed by atoms with E-state index in [1.165, 1.54) is 34.9 Å². The van der Waals surface area contributed by atoms with Gasteiger partial charge >= 0.3 is 0 Å². The van der Waals surface area contributed by atoms with Crippen molar-refractivity contribution in [3.8, 4) is 5.75 Å². The van der Waals surface area contributed by atoms with Crippen molar-refractivity contribution in [1.29, 1.82) is 0 Å². The molecule has 1 heterocycles. The Bertz CT molecular complexity index is 706. The molecule has 0 saturated carbocycles. The van der Waals surface area contributed by atoms with E-state index in [1.54, 1.807) is 0 Å². The molecule has 0 fully saturated rings. The van der Waals surface area contributed by atoms with Gasteiger partial charge in [0, 0.05) is 18.5 Å². The van der Waals surface area contributed by atoms with Gasteiger partial charge in [-0.15, -0.1) is 0 Å². The lowest BCUT2D eigenvalue weighted by molar-refractivity contribution is 0.306. The Morgan fingerprint density at radius 2 is 1.95 bits per heavy atom. The second-order valence-corrected chi connectivity index (χ2v) is 5.40. The predicted molar refractivity (Wildman–Crippen MR) is 89.8 cm³/mol. The van der Waals surface area contributed by atoms with E-state index in [4.69, 9.17) is 4.74 Å². The van der Waals surface area contributed by atoms with Crippen LogP contribution in [0.5, 0.6) is 5.75 Å². The lowest BCUT2D eigenvalue weighted by Crippen LogP contribution is -1.94. The van der Waals surface area contributed by atoms with Crippen molar-refractivity contribution in [1.82, 2.24) is 4.98 Å². The third-order valence-corrected chi connectivity index (χ3v) is 3.79. The molecule has 2 heteroatoms. The topological polar surface area (TPSA) is 25.0 Å². The Hall–Kier alpha value is -2.22. The zero-order chi connectivity index (χ0) is 14.5. The summed E-state index contributed by atoms with van der Waals surface area (Å²) >= 11 is 0. The van der Waals surface area contributed by atoms with E-state index < -0.39 is 0 Å². The monoisotopic (exact) mass is 281 g/mol. The summed E-state index contributed by atoms with van der Waals surface area (Å²) in [6.45, 7) is 2.84. The van der Waals surface area contributed by atoms with Gasteiger partial charge in [0.1, 0.15) is 12.4 Å². The number of ether oxygens (including phenoxy) is 1. The van der Waals surface area contributed by atoms with Gasteiger partial charge < -0.3 is 9.72 Å². The number of nitrogens with one attached hydrogen (secondary N) is 1. The highest BCUT2D eigenvalue weighted by Crippen LogP contribution is 2.25. The van der Waals surface area contributed by atoms with Gasteiger partial charge in [0.15, 0.2) is 0 Å². The SMILES string of the molecule is CCCCc1c[nH]c2ccc(OCc3ccccc3)cc12.[HH]. The van der Waals surface area contributed by atoms with Gasteiger partial charge in [-0.1, -0.05) is 43.7 Å². The van der Waals surface area contributed by atoms with Crippen molar-refractivity contribution in [2.24, 2.45) is 0 Å². The average Bonchev–Trinajstić information content (AvgIpc) is 2.94. The van der Waals surface area contributed by atoms with E-state index in [2.05, 4.69) is 42.4 Å². The minimum atomic E-state index is 0. The molecule has 0 saturated heterocycles. The van der Waals surface area contributed by atoms with Crippen LogP contribution in [0, 0.1) is 0 Å². The summed E-state index contributed by atoms with van der Waals surface area (Å²) in [5.74, 6) is 0.934. The summed E-state index contributed by atoms with van der Waals surface area (Å²) in [5, 5.41) is 1.29. The van der Waals surface area contributed by atoms with Crippen LogP contribution in [0.25, 0.3) is 10.9 Å². The first kappa shape index (κ1) is 13.7. The third-order valence-electron chi connectivity index (χ3n) is 3.79. The molecule has 0 atom stereocenters. The number of H-pyrrole nitrogens is 1. The fraction of sp³-hybridized carbons (Fsp3) is 0.263. The molecule has 1 aromatic heterocycles. The van der Waals surface area contributed by atoms with Gasteiger partial charge in [-0.25, -0.2) is 0 Å². The van der Waals surface area contributed by atoms with Crippen LogP contribution in [-0.4, -0.2) is 4.98 Å². The van der Waals surface area contributed by atoms with Crippen molar-refractivity contribution in [2.45, 2.75) is 32.8 Å². The first-order valence-electron chi connectivity index (χ1n) is 7.63. The summed E-state index contributed by atoms with van der Waals surface area (Å²) in [5.41, 5.74) is 3.77. The van der Waals surface area contributed by atoms with Gasteiger partial charge in [0.25, 0.3) is 0 Å². The minimum Gasteiger partial charge on any atom is -0.489 e. The van der Waals surface area contributed by atoms with E-state index in [0.29, 0.717) is 6.61 Å². The quantitative estimate of drug-likeness (QED) is 0.648. The zero-order valence-electron chi connectivity index (χ0n) is 12.4. The van der Waals surface area contributed by atoms with Crippen LogP contribution in [0.4, 0.5) is 0 Å². The second kappa shape index (κ2) is 6.49. The smallest absolute Gasteiger partial charge is 0.120 e. The Morgan fingerprint density at radius 1 is 1.10 bits per heavy atom. The van der Waals surface area contributed by atoms with Crippen molar-refractivity contribution >= 4 is 10.9 Å². The van der Waals surface area contributed by atoms with Crippen molar-refractivity contribution < 1.29 is 6.16 Å². The summed E-state index contributed by atoms with van der Waals surface area (Å²) < 4.78 is 5.92. The Balaban J connectivity index is 0.00000176. The highest BCUT2D eigenvalue weighted by molar-refractivity contribution is 5.84. The molecule has 3 rings (SSSR count). The summed E-state index contributed by atoms with van der Waals surface area (Å²) in [4.78, 5) is 3.34. The highest BCUT2D eigenvalue weighted by Gasteiger charge is 2.05. The lowest BCUT2D eigenvalue weighted by Gasteiger charge is -2.07. The summed E-state index contributed by atoms with van der Waals surface area (Å²) in [7, 11) is 0. The maximum absolute atomic E-state index is 5.92. The van der Waals surface area contributed by atoms with Crippen molar-refractivity contribution in [3.05, 3.63) is 65.9 Å². The number of hydrogen-bond acceptors (Lipinski definition) is 1. The molecule has 2 aromatic carbocycles. The molecule has 0 bridgehead atoms. The van der Waals surface area contributed by atoms with E-state index in [0.717, 1.165) is 12.2 Å². The largest absolute Gasteiger partial charge is 0.489 e. The van der Waals surface area contributed by atoms with Gasteiger partial charge in [-0.05, 0) is 42.2 Å². The maximum atomic E-state index is 5.92. The molecule has 21 heavy (non-hydrogen) atoms. The van der Waals surface area contributed by atoms with Gasteiger partial charge in [0.05, 0.1) is 0 Å². The Labute approximate surface area is 127 Å². The van der Waals surface area contributed by atoms with Crippen molar-refractivity contribution in [3.63, 3.8) is 0 Å². The fourth-order valence-electron chi connectivity index (χ4n) is 2.56. The number of hydrogen-bond donors (Lipinski definition) is 1. The molecule has 3 aromatic rings. The third kappa shape index (κ3) is 3.27. The van der Waals surface area contributed by atoms with E-state index in [-0.39, 0.29) is 1.43 Å². The van der Waals surface area contributed by atoms with Crippen LogP contribution in [0.1, 0.15) is 32.3 Å². The Morgan fingerprint density at radius 3 is 2.76 bits per heavy atom. The van der Waals surface area contributed by atoms with Crippen LogP contribution in [0.15, 0.2) is 54.7 Å². The summed E-state index contributed by atoms with van der Waals surface area (Å²) in [6, 6.07) is 16.6. The van der Waals surface area contributed by atoms with Crippen LogP contribution < -0.4 is 4.74 Å². The molecule has 0 radical (unpaired) electrons. The number of unbranched alkanes of at least 4 members (excludes halogenated alkanes) is 1. The molecule has 0 aliphatic heterocycles. The van der Waals surface area contributed by atoms with Gasteiger partial charge in [-0.2, -0.15) is 0 Å². The van der Waals surface area contributed by atoms with E-state index >= 15 is 0 Å². The van der Waals surface area contributed by atoms with Gasteiger partial charge in [0.2, 0.25) is 0 Å². The number of benzene rings is 2. The van der Waals surface area contributed by atoms with Crippen LogP contribution in [0.3, 0.4) is 0 Å². The number of aromatic nitrogens is 1. The minimum absolute atomic E-state index is 0. The standard InChI is InChI=1S/C19H21NO.H2/c1-2-3-9-16-13-20-19-11-10-17(12-18(16)19)21-14-15-7-5-4-6-8-15;/h4-8,10-13,20H,2-3,9,14H2,1H3;1H. The number of fused-ring (bicyclic) bond motifs is 1. The number of rotatable bonds is 6. The lowest BCUT2D eigenvalue weighted by atomic mass is 10.1. The molecule has 2 nitrogen and oxygen atoms in total. The maximum Gasteiger partial charge on any atom is 0.120 e. The summed E-state index contributed by atoms with van der Waals surface area (Å²) in [6.07, 6.45) is 5.69. The van der Waals surface area contributed by atoms with Crippen LogP contribution in [-0.2, 0) is 13.0 Å². The average molecular weight is 281 g/mol. The van der Waals surface area contributed by atoms with E-state index in [9.17, 15) is 0 Å². The number of aromatic amines is 1. The number of aryl methyl sites for hydroxylation is 1. The first-order chi connectivity index (χ1) is 10.4. The highest BCUT2D eigenvalue weighted by atomic mass is 16.5. The van der Waals surface area contributed by atoms with Gasteiger partial charge in [-0.3, -0.25) is 0 Å². The molecule has 0 spiro atoms. The molecule has 110 valence electrons. The Kier molecular flexibility index (Phi) is 4.25. The molecule has 0 amide bonds. The second-order valence-electron chi connectivity index (χ2n) is 5.40. The molecule has 1 N–H and O–H groups in total. The van der Waals surface area contributed by atoms with Crippen LogP contribution >= 0.6 is 0 Å². The molecular formula is C19H23NO. The molecule has 0 unspecified atom stereocenters.